The quantitative estimate of drug-likeness (QED) is 0.403. The molecule has 0 saturated carbocycles. The third kappa shape index (κ3) is 8.54. The fourth-order valence-electron chi connectivity index (χ4n) is 3.10. The number of alkyl halides is 3. The summed E-state index contributed by atoms with van der Waals surface area (Å²) in [6.45, 7) is 11.8. The van der Waals surface area contributed by atoms with Gasteiger partial charge < -0.3 is 4.74 Å². The molecule has 34 heavy (non-hydrogen) atoms. The average Bonchev–Trinajstić information content (AvgIpc) is 3.16. The number of Topliss-reactive ketones (excluding diaryl/α,β-unsaturated/α-hetero) is 1. The van der Waals surface area contributed by atoms with Gasteiger partial charge in [-0.3, -0.25) is 4.79 Å². The summed E-state index contributed by atoms with van der Waals surface area (Å²) in [4.78, 5) is 24.3. The Morgan fingerprint density at radius 3 is 1.91 bits per heavy atom. The van der Waals surface area contributed by atoms with E-state index < -0.39 is 27.5 Å². The number of sulfone groups is 1. The van der Waals surface area contributed by atoms with Gasteiger partial charge >= 0.3 is 12.1 Å². The molecule has 1 aliphatic rings. The molecule has 0 saturated heterocycles. The maximum atomic E-state index is 12.3. The molecule has 10 heteroatoms. The minimum absolute atomic E-state index is 0.0200. The molecule has 5 nitrogen and oxygen atoms in total. The lowest BCUT2D eigenvalue weighted by Crippen LogP contribution is -2.28. The maximum absolute atomic E-state index is 12.3. The van der Waals surface area contributed by atoms with Crippen molar-refractivity contribution >= 4 is 32.9 Å². The van der Waals surface area contributed by atoms with E-state index in [1.165, 1.54) is 19.2 Å². The molecule has 1 aliphatic carbocycles. The molecule has 3 rings (SSSR count). The molecule has 0 N–H and O–H groups in total. The Balaban J connectivity index is 0.000000653. The van der Waals surface area contributed by atoms with Gasteiger partial charge in [0.2, 0.25) is 0 Å². The molecule has 1 heterocycles. The van der Waals surface area contributed by atoms with E-state index in [9.17, 15) is 31.2 Å². The molecule has 0 atom stereocenters. The molecule has 0 amide bonds. The average molecular weight is 523 g/mol. The van der Waals surface area contributed by atoms with Crippen LogP contribution < -0.4 is 0 Å². The molecule has 0 spiro atoms. The number of rotatable bonds is 2. The fraction of sp³-hybridized carbons (Fsp3) is 0.500. The smallest absolute Gasteiger partial charge is 0.416 e. The second kappa shape index (κ2) is 13.0. The van der Waals surface area contributed by atoms with Gasteiger partial charge in [0, 0.05) is 12.7 Å². The Hall–Kier alpha value is -2.20. The standard InChI is InChI=1S/C13H16O5S2.C7H5F3.2C2H6/c1-13(2)5-7-9(8(14)6-13)12(20(4,16)17)19-10(7)11(15)18-3;8-7(9,10)6-4-2-1-3-5-6;2*1-2/h5-6H2,1-4H3;1-5H;2*1-2H3. The number of carbonyl (C=O) groups excluding carboxylic acids is 2. The van der Waals surface area contributed by atoms with Crippen molar-refractivity contribution in [3.63, 3.8) is 0 Å². The first-order chi connectivity index (χ1) is 15.7. The van der Waals surface area contributed by atoms with Crippen molar-refractivity contribution in [3.8, 4) is 0 Å². The second-order valence-electron chi connectivity index (χ2n) is 7.64. The van der Waals surface area contributed by atoms with Gasteiger partial charge in [-0.25, -0.2) is 13.2 Å². The van der Waals surface area contributed by atoms with E-state index in [0.29, 0.717) is 12.0 Å². The van der Waals surface area contributed by atoms with Gasteiger partial charge in [-0.15, -0.1) is 11.3 Å². The van der Waals surface area contributed by atoms with Crippen LogP contribution in [0.3, 0.4) is 0 Å². The maximum Gasteiger partial charge on any atom is 0.416 e. The molecule has 0 radical (unpaired) electrons. The molecule has 0 fully saturated rings. The first-order valence-corrected chi connectivity index (χ1v) is 13.5. The van der Waals surface area contributed by atoms with Crippen molar-refractivity contribution in [2.45, 2.75) is 64.8 Å². The summed E-state index contributed by atoms with van der Waals surface area (Å²) in [5.74, 6) is -0.810. The fourth-order valence-corrected chi connectivity index (χ4v) is 5.55. The number of esters is 1. The molecular formula is C24H33F3O5S2. The summed E-state index contributed by atoms with van der Waals surface area (Å²) in [5, 5.41) is 0. The Morgan fingerprint density at radius 1 is 1.03 bits per heavy atom. The predicted molar refractivity (Wildman–Crippen MR) is 129 cm³/mol. The van der Waals surface area contributed by atoms with Crippen LogP contribution in [0.1, 0.15) is 79.1 Å². The van der Waals surface area contributed by atoms with Crippen LogP contribution in [-0.2, 0) is 27.2 Å². The van der Waals surface area contributed by atoms with Crippen molar-refractivity contribution in [2.24, 2.45) is 5.41 Å². The number of methoxy groups -OCH3 is 1. The number of benzene rings is 1. The SMILES string of the molecule is CC.CC.COC(=O)c1sc(S(C)(=O)=O)c2c1CC(C)(C)CC2=O.FC(F)(F)c1ccccc1. The Kier molecular flexibility index (Phi) is 12.2. The number of carbonyl (C=O) groups is 2. The van der Waals surface area contributed by atoms with Gasteiger partial charge in [0.1, 0.15) is 9.09 Å². The summed E-state index contributed by atoms with van der Waals surface area (Å²) in [6, 6.07) is 6.36. The monoisotopic (exact) mass is 522 g/mol. The number of ketones is 1. The van der Waals surface area contributed by atoms with Crippen LogP contribution in [0.4, 0.5) is 13.2 Å². The van der Waals surface area contributed by atoms with Gasteiger partial charge in [-0.05, 0) is 17.4 Å². The van der Waals surface area contributed by atoms with Crippen molar-refractivity contribution in [1.29, 1.82) is 0 Å². The second-order valence-corrected chi connectivity index (χ2v) is 10.9. The summed E-state index contributed by atoms with van der Waals surface area (Å²) >= 11 is 0.836. The van der Waals surface area contributed by atoms with Gasteiger partial charge in [0.25, 0.3) is 0 Å². The topological polar surface area (TPSA) is 77.5 Å². The van der Waals surface area contributed by atoms with E-state index in [4.69, 9.17) is 4.74 Å². The van der Waals surface area contributed by atoms with Crippen LogP contribution >= 0.6 is 11.3 Å². The van der Waals surface area contributed by atoms with E-state index in [0.717, 1.165) is 29.7 Å². The third-order valence-electron chi connectivity index (χ3n) is 4.36. The van der Waals surface area contributed by atoms with Crippen molar-refractivity contribution in [3.05, 3.63) is 51.9 Å². The van der Waals surface area contributed by atoms with E-state index in [2.05, 4.69) is 0 Å². The summed E-state index contributed by atoms with van der Waals surface area (Å²) in [5.41, 5.74) is -0.182. The van der Waals surface area contributed by atoms with Crippen LogP contribution in [0.5, 0.6) is 0 Å². The van der Waals surface area contributed by atoms with Crippen LogP contribution in [0, 0.1) is 5.41 Å². The number of fused-ring (bicyclic) bond motifs is 1. The minimum Gasteiger partial charge on any atom is -0.465 e. The zero-order chi connectivity index (χ0) is 26.9. The first-order valence-electron chi connectivity index (χ1n) is 10.8. The lowest BCUT2D eigenvalue weighted by molar-refractivity contribution is -0.137. The number of hydrogen-bond acceptors (Lipinski definition) is 6. The van der Waals surface area contributed by atoms with E-state index >= 15 is 0 Å². The van der Waals surface area contributed by atoms with Crippen LogP contribution in [0.25, 0.3) is 0 Å². The molecule has 0 unspecified atom stereocenters. The normalized spacial score (nSPS) is 14.1. The van der Waals surface area contributed by atoms with Crippen molar-refractivity contribution in [2.75, 3.05) is 13.4 Å². The molecule has 1 aromatic carbocycles. The number of halogens is 3. The van der Waals surface area contributed by atoms with Crippen molar-refractivity contribution < 1.29 is 35.9 Å². The van der Waals surface area contributed by atoms with Gasteiger partial charge in [0.05, 0.1) is 18.2 Å². The molecular weight excluding hydrogens is 489 g/mol. The Bertz CT molecular complexity index is 1050. The van der Waals surface area contributed by atoms with Crippen LogP contribution in [0.15, 0.2) is 34.5 Å². The highest BCUT2D eigenvalue weighted by Gasteiger charge is 2.39. The highest BCUT2D eigenvalue weighted by Crippen LogP contribution is 2.43. The zero-order valence-corrected chi connectivity index (χ0v) is 22.4. The summed E-state index contributed by atoms with van der Waals surface area (Å²) in [7, 11) is -2.31. The summed E-state index contributed by atoms with van der Waals surface area (Å²) < 4.78 is 63.7. The highest BCUT2D eigenvalue weighted by atomic mass is 32.2. The van der Waals surface area contributed by atoms with Gasteiger partial charge in [0.15, 0.2) is 15.6 Å². The third-order valence-corrected chi connectivity index (χ3v) is 7.40. The van der Waals surface area contributed by atoms with Crippen LogP contribution in [0.2, 0.25) is 0 Å². The van der Waals surface area contributed by atoms with Crippen molar-refractivity contribution in [1.82, 2.24) is 0 Å². The largest absolute Gasteiger partial charge is 0.465 e. The lowest BCUT2D eigenvalue weighted by Gasteiger charge is -2.29. The zero-order valence-electron chi connectivity index (χ0n) is 20.8. The molecule has 0 bridgehead atoms. The van der Waals surface area contributed by atoms with E-state index in [-0.39, 0.29) is 32.3 Å². The lowest BCUT2D eigenvalue weighted by atomic mass is 9.74. The molecule has 192 valence electrons. The number of hydrogen-bond donors (Lipinski definition) is 0. The van der Waals surface area contributed by atoms with Crippen LogP contribution in [-0.4, -0.2) is 33.5 Å². The Morgan fingerprint density at radius 2 is 1.53 bits per heavy atom. The number of thiophene rings is 1. The predicted octanol–water partition coefficient (Wildman–Crippen LogP) is 6.85. The molecule has 0 aliphatic heterocycles. The first kappa shape index (κ1) is 31.8. The van der Waals surface area contributed by atoms with Gasteiger partial charge in [-0.2, -0.15) is 13.2 Å². The van der Waals surface area contributed by atoms with E-state index in [1.807, 2.05) is 41.5 Å². The van der Waals surface area contributed by atoms with Gasteiger partial charge in [-0.1, -0.05) is 71.9 Å². The molecule has 1 aromatic heterocycles. The minimum atomic E-state index is -4.21. The Labute approximate surface area is 204 Å². The molecule has 2 aromatic rings. The number of ether oxygens (including phenoxy) is 1. The van der Waals surface area contributed by atoms with E-state index in [1.54, 1.807) is 6.07 Å². The summed E-state index contributed by atoms with van der Waals surface area (Å²) in [6.07, 6.45) is -2.39. The highest BCUT2D eigenvalue weighted by molar-refractivity contribution is 7.92.